The highest BCUT2D eigenvalue weighted by Gasteiger charge is 2.15. The molecule has 1 aromatic carbocycles. The minimum atomic E-state index is -0.0453. The molecule has 1 unspecified atom stereocenters. The minimum absolute atomic E-state index is 0.0453. The summed E-state index contributed by atoms with van der Waals surface area (Å²) in [6.07, 6.45) is 6.66. The molecule has 4 nitrogen and oxygen atoms in total. The third kappa shape index (κ3) is 3.38. The van der Waals surface area contributed by atoms with Gasteiger partial charge in [-0.2, -0.15) is 0 Å². The van der Waals surface area contributed by atoms with Crippen molar-refractivity contribution in [2.75, 3.05) is 14.2 Å². The molecule has 0 aliphatic carbocycles. The first-order valence-electron chi connectivity index (χ1n) is 5.38. The van der Waals surface area contributed by atoms with Crippen molar-refractivity contribution in [1.29, 1.82) is 0 Å². The second-order valence-corrected chi connectivity index (χ2v) is 3.57. The van der Waals surface area contributed by atoms with Gasteiger partial charge in [-0.25, -0.2) is 0 Å². The lowest BCUT2D eigenvalue weighted by Gasteiger charge is -2.19. The summed E-state index contributed by atoms with van der Waals surface area (Å²) in [5, 5.41) is 0. The number of nitrogens with two attached hydrogens (primary N) is 1. The summed E-state index contributed by atoms with van der Waals surface area (Å²) in [7, 11) is 3.25. The van der Waals surface area contributed by atoms with Crippen molar-refractivity contribution < 1.29 is 9.47 Å². The van der Waals surface area contributed by atoms with Crippen LogP contribution in [0.5, 0.6) is 11.5 Å². The molecule has 0 fully saturated rings. The van der Waals surface area contributed by atoms with E-state index < -0.39 is 0 Å². The Kier molecular flexibility index (Phi) is 5.34. The fraction of sp³-hybridized carbons (Fsp3) is 0.385. The monoisotopic (exact) mass is 234 g/mol. The molecular formula is C13H18N2O2. The number of ether oxygens (including phenoxy) is 2. The van der Waals surface area contributed by atoms with Gasteiger partial charge in [0.1, 0.15) is 11.5 Å². The molecule has 92 valence electrons. The lowest BCUT2D eigenvalue weighted by Crippen LogP contribution is -2.28. The van der Waals surface area contributed by atoms with Gasteiger partial charge in [-0.05, 0) is 24.6 Å². The number of benzene rings is 1. The molecule has 1 rings (SSSR count). The van der Waals surface area contributed by atoms with Crippen molar-refractivity contribution in [2.24, 2.45) is 5.84 Å². The molecule has 0 saturated carbocycles. The number of terminal acetylenes is 1. The van der Waals surface area contributed by atoms with E-state index in [4.69, 9.17) is 21.7 Å². The Morgan fingerprint density at radius 2 is 2.18 bits per heavy atom. The standard InChI is InChI=1S/C13H18N2O2/c1-4-5-6-12(15-14)11-9-10(16-2)7-8-13(11)17-3/h1,7-9,12,15H,5-6,14H2,2-3H3. The van der Waals surface area contributed by atoms with Gasteiger partial charge in [-0.15, -0.1) is 12.3 Å². The Morgan fingerprint density at radius 1 is 1.41 bits per heavy atom. The summed E-state index contributed by atoms with van der Waals surface area (Å²) in [4.78, 5) is 0. The van der Waals surface area contributed by atoms with Gasteiger partial charge in [0.25, 0.3) is 0 Å². The molecule has 0 amide bonds. The van der Waals surface area contributed by atoms with Crippen molar-refractivity contribution in [3.05, 3.63) is 23.8 Å². The molecule has 0 spiro atoms. The van der Waals surface area contributed by atoms with Crippen molar-refractivity contribution in [3.8, 4) is 23.8 Å². The molecule has 0 aliphatic rings. The van der Waals surface area contributed by atoms with E-state index in [2.05, 4.69) is 11.3 Å². The highest BCUT2D eigenvalue weighted by molar-refractivity contribution is 5.42. The SMILES string of the molecule is C#CCCC(NN)c1cc(OC)ccc1OC. The highest BCUT2D eigenvalue weighted by atomic mass is 16.5. The van der Waals surface area contributed by atoms with E-state index in [0.29, 0.717) is 6.42 Å². The highest BCUT2D eigenvalue weighted by Crippen LogP contribution is 2.31. The van der Waals surface area contributed by atoms with Gasteiger partial charge in [0.15, 0.2) is 0 Å². The van der Waals surface area contributed by atoms with Crippen molar-refractivity contribution in [3.63, 3.8) is 0 Å². The minimum Gasteiger partial charge on any atom is -0.497 e. The van der Waals surface area contributed by atoms with E-state index >= 15 is 0 Å². The van der Waals surface area contributed by atoms with Crippen molar-refractivity contribution >= 4 is 0 Å². The average Bonchev–Trinajstić information content (AvgIpc) is 2.39. The summed E-state index contributed by atoms with van der Waals surface area (Å²) >= 11 is 0. The maximum absolute atomic E-state index is 5.55. The van der Waals surface area contributed by atoms with Crippen LogP contribution in [0.25, 0.3) is 0 Å². The molecule has 0 saturated heterocycles. The van der Waals surface area contributed by atoms with Gasteiger partial charge >= 0.3 is 0 Å². The van der Waals surface area contributed by atoms with Gasteiger partial charge in [0.05, 0.1) is 20.3 Å². The predicted octanol–water partition coefficient (Wildman–Crippen LogP) is 1.62. The number of hydrazine groups is 1. The zero-order valence-corrected chi connectivity index (χ0v) is 10.2. The van der Waals surface area contributed by atoms with E-state index in [0.717, 1.165) is 23.5 Å². The van der Waals surface area contributed by atoms with Gasteiger partial charge in [0.2, 0.25) is 0 Å². The maximum Gasteiger partial charge on any atom is 0.123 e. The topological polar surface area (TPSA) is 56.5 Å². The van der Waals surface area contributed by atoms with Gasteiger partial charge in [-0.1, -0.05) is 0 Å². The van der Waals surface area contributed by atoms with Crippen LogP contribution in [0.4, 0.5) is 0 Å². The number of nitrogens with one attached hydrogen (secondary N) is 1. The van der Waals surface area contributed by atoms with Crippen LogP contribution in [0.1, 0.15) is 24.4 Å². The normalized spacial score (nSPS) is 11.6. The summed E-state index contributed by atoms with van der Waals surface area (Å²) in [5.74, 6) is 9.68. The average molecular weight is 234 g/mol. The fourth-order valence-corrected chi connectivity index (χ4v) is 1.67. The second-order valence-electron chi connectivity index (χ2n) is 3.57. The Bertz CT molecular complexity index is 399. The van der Waals surface area contributed by atoms with Gasteiger partial charge in [-0.3, -0.25) is 11.3 Å². The third-order valence-electron chi connectivity index (χ3n) is 2.59. The second kappa shape index (κ2) is 6.79. The Morgan fingerprint density at radius 3 is 2.71 bits per heavy atom. The zero-order chi connectivity index (χ0) is 12.7. The lowest BCUT2D eigenvalue weighted by molar-refractivity contribution is 0.387. The summed E-state index contributed by atoms with van der Waals surface area (Å²) in [6.45, 7) is 0. The van der Waals surface area contributed by atoms with Crippen LogP contribution in [0.2, 0.25) is 0 Å². The molecule has 3 N–H and O–H groups in total. The Balaban J connectivity index is 3.02. The van der Waals surface area contributed by atoms with Crippen LogP contribution in [0.3, 0.4) is 0 Å². The van der Waals surface area contributed by atoms with Crippen LogP contribution >= 0.6 is 0 Å². The molecule has 0 aliphatic heterocycles. The van der Waals surface area contributed by atoms with E-state index in [-0.39, 0.29) is 6.04 Å². The van der Waals surface area contributed by atoms with Crippen LogP contribution in [-0.4, -0.2) is 14.2 Å². The molecule has 1 atom stereocenters. The molecule has 0 radical (unpaired) electrons. The maximum atomic E-state index is 5.55. The number of rotatable bonds is 6. The first kappa shape index (κ1) is 13.4. The summed E-state index contributed by atoms with van der Waals surface area (Å²) in [5.41, 5.74) is 3.70. The third-order valence-corrected chi connectivity index (χ3v) is 2.59. The van der Waals surface area contributed by atoms with Crippen LogP contribution in [-0.2, 0) is 0 Å². The molecule has 4 heteroatoms. The molecule has 0 bridgehead atoms. The van der Waals surface area contributed by atoms with Gasteiger partial charge in [0, 0.05) is 12.0 Å². The molecular weight excluding hydrogens is 216 g/mol. The Labute approximate surface area is 102 Å². The fourth-order valence-electron chi connectivity index (χ4n) is 1.67. The van der Waals surface area contributed by atoms with Crippen molar-refractivity contribution in [1.82, 2.24) is 5.43 Å². The van der Waals surface area contributed by atoms with E-state index in [9.17, 15) is 0 Å². The largest absolute Gasteiger partial charge is 0.497 e. The number of hydrogen-bond donors (Lipinski definition) is 2. The zero-order valence-electron chi connectivity index (χ0n) is 10.2. The van der Waals surface area contributed by atoms with Gasteiger partial charge < -0.3 is 9.47 Å². The first-order valence-corrected chi connectivity index (χ1v) is 5.38. The molecule has 0 aromatic heterocycles. The van der Waals surface area contributed by atoms with Crippen LogP contribution < -0.4 is 20.7 Å². The summed E-state index contributed by atoms with van der Waals surface area (Å²) in [6, 6.07) is 5.56. The van der Waals surface area contributed by atoms with E-state index in [1.165, 1.54) is 0 Å². The lowest BCUT2D eigenvalue weighted by atomic mass is 10.0. The van der Waals surface area contributed by atoms with E-state index in [1.807, 2.05) is 18.2 Å². The number of methoxy groups -OCH3 is 2. The smallest absolute Gasteiger partial charge is 0.123 e. The number of hydrogen-bond acceptors (Lipinski definition) is 4. The van der Waals surface area contributed by atoms with Crippen LogP contribution in [0.15, 0.2) is 18.2 Å². The van der Waals surface area contributed by atoms with Crippen molar-refractivity contribution in [2.45, 2.75) is 18.9 Å². The van der Waals surface area contributed by atoms with Crippen LogP contribution in [0, 0.1) is 12.3 Å². The molecule has 0 heterocycles. The Hall–Kier alpha value is -1.70. The predicted molar refractivity (Wildman–Crippen MR) is 67.7 cm³/mol. The molecule has 17 heavy (non-hydrogen) atoms. The summed E-state index contributed by atoms with van der Waals surface area (Å²) < 4.78 is 10.5. The quantitative estimate of drug-likeness (QED) is 0.446. The van der Waals surface area contributed by atoms with E-state index in [1.54, 1.807) is 14.2 Å². The first-order chi connectivity index (χ1) is 8.26. The molecule has 1 aromatic rings.